The molecule has 3 heterocycles. The second-order valence-corrected chi connectivity index (χ2v) is 6.72. The molecule has 0 aliphatic carbocycles. The van der Waals surface area contributed by atoms with E-state index < -0.39 is 0 Å². The summed E-state index contributed by atoms with van der Waals surface area (Å²) in [4.78, 5) is 27.3. The van der Waals surface area contributed by atoms with Gasteiger partial charge in [-0.25, -0.2) is 19.3 Å². The molecule has 1 aromatic carbocycles. The minimum absolute atomic E-state index is 0.165. The third kappa shape index (κ3) is 4.16. The van der Waals surface area contributed by atoms with Crippen LogP contribution >= 0.6 is 0 Å². The molecule has 1 aliphatic rings. The van der Waals surface area contributed by atoms with Crippen molar-refractivity contribution < 1.29 is 9.13 Å². The Balaban J connectivity index is 1.54. The van der Waals surface area contributed by atoms with Crippen LogP contribution in [0.1, 0.15) is 6.42 Å². The molecule has 2 aromatic heterocycles. The highest BCUT2D eigenvalue weighted by Gasteiger charge is 2.19. The zero-order valence-electron chi connectivity index (χ0n) is 16.0. The minimum Gasteiger partial charge on any atom is -0.486 e. The van der Waals surface area contributed by atoms with E-state index in [9.17, 15) is 9.18 Å². The lowest BCUT2D eigenvalue weighted by Gasteiger charge is -2.29. The Morgan fingerprint density at radius 2 is 2.07 bits per heavy atom. The Kier molecular flexibility index (Phi) is 5.33. The summed E-state index contributed by atoms with van der Waals surface area (Å²) in [7, 11) is 1.70. The first-order valence-corrected chi connectivity index (χ1v) is 9.26. The zero-order valence-corrected chi connectivity index (χ0v) is 16.0. The number of rotatable bonds is 5. The summed E-state index contributed by atoms with van der Waals surface area (Å²) in [5.74, 6) is 0.395. The molecule has 3 aromatic rings. The number of hydrogen-bond donors (Lipinski definition) is 0. The van der Waals surface area contributed by atoms with Crippen LogP contribution < -0.4 is 15.2 Å². The lowest BCUT2D eigenvalue weighted by Crippen LogP contribution is -2.36. The molecule has 0 radical (unpaired) electrons. The number of halogens is 1. The van der Waals surface area contributed by atoms with Gasteiger partial charge < -0.3 is 9.64 Å². The molecule has 8 heteroatoms. The fourth-order valence-corrected chi connectivity index (χ4v) is 3.20. The van der Waals surface area contributed by atoms with Crippen LogP contribution in [-0.4, -0.2) is 39.2 Å². The van der Waals surface area contributed by atoms with Crippen LogP contribution in [0.15, 0.2) is 65.4 Å². The number of benzene rings is 1. The molecule has 0 fully saturated rings. The standard InChI is InChI=1S/C21H20FN5O2/c1-26-20(28)11-18(17-8-9-23-14-24-17)25-21(26)27-10-4-5-15(12-27)13-29-19-7-3-2-6-16(19)22/h2-3,5-9,11,14H,4,10,12-13H2,1H3. The molecule has 0 bridgehead atoms. The van der Waals surface area contributed by atoms with Crippen molar-refractivity contribution in [3.63, 3.8) is 0 Å². The molecule has 0 atom stereocenters. The van der Waals surface area contributed by atoms with Gasteiger partial charge in [-0.2, -0.15) is 0 Å². The molecule has 0 unspecified atom stereocenters. The van der Waals surface area contributed by atoms with E-state index in [4.69, 9.17) is 4.74 Å². The molecular weight excluding hydrogens is 373 g/mol. The highest BCUT2D eigenvalue weighted by atomic mass is 19.1. The SMILES string of the molecule is Cn1c(N2CCC=C(COc3ccccc3F)C2)nc(-c2ccncn2)cc1=O. The first kappa shape index (κ1) is 18.8. The molecule has 0 saturated carbocycles. The molecule has 0 amide bonds. The quantitative estimate of drug-likeness (QED) is 0.621. The number of hydrogen-bond acceptors (Lipinski definition) is 6. The maximum absolute atomic E-state index is 13.8. The smallest absolute Gasteiger partial charge is 0.255 e. The first-order valence-electron chi connectivity index (χ1n) is 9.26. The van der Waals surface area contributed by atoms with E-state index in [1.165, 1.54) is 23.0 Å². The Hall–Kier alpha value is -3.55. The van der Waals surface area contributed by atoms with Gasteiger partial charge in [-0.1, -0.05) is 18.2 Å². The van der Waals surface area contributed by atoms with Crippen LogP contribution in [0.3, 0.4) is 0 Å². The van der Waals surface area contributed by atoms with Crippen molar-refractivity contribution in [3.05, 3.63) is 76.7 Å². The maximum Gasteiger partial charge on any atom is 0.255 e. The fraction of sp³-hybridized carbons (Fsp3) is 0.238. The Morgan fingerprint density at radius 3 is 2.86 bits per heavy atom. The number of ether oxygens (including phenoxy) is 1. The Bertz CT molecular complexity index is 1100. The second kappa shape index (κ2) is 8.22. The van der Waals surface area contributed by atoms with Crippen molar-refractivity contribution >= 4 is 5.95 Å². The zero-order chi connectivity index (χ0) is 20.2. The van der Waals surface area contributed by atoms with Crippen LogP contribution in [0.25, 0.3) is 11.4 Å². The monoisotopic (exact) mass is 393 g/mol. The number of nitrogens with zero attached hydrogens (tertiary/aromatic N) is 5. The van der Waals surface area contributed by atoms with Crippen LogP contribution in [0.2, 0.25) is 0 Å². The van der Waals surface area contributed by atoms with Gasteiger partial charge in [0.05, 0.1) is 11.4 Å². The third-order valence-electron chi connectivity index (χ3n) is 4.71. The van der Waals surface area contributed by atoms with Crippen molar-refractivity contribution in [2.45, 2.75) is 6.42 Å². The van der Waals surface area contributed by atoms with Gasteiger partial charge in [0.1, 0.15) is 12.9 Å². The number of anilines is 1. The lowest BCUT2D eigenvalue weighted by atomic mass is 10.1. The van der Waals surface area contributed by atoms with E-state index in [0.29, 0.717) is 23.9 Å². The van der Waals surface area contributed by atoms with Crippen LogP contribution in [-0.2, 0) is 7.05 Å². The molecule has 1 aliphatic heterocycles. The first-order chi connectivity index (χ1) is 14.1. The molecule has 29 heavy (non-hydrogen) atoms. The average molecular weight is 393 g/mol. The molecule has 148 valence electrons. The average Bonchev–Trinajstić information content (AvgIpc) is 2.76. The third-order valence-corrected chi connectivity index (χ3v) is 4.71. The van der Waals surface area contributed by atoms with Crippen molar-refractivity contribution in [2.75, 3.05) is 24.6 Å². The van der Waals surface area contributed by atoms with Crippen LogP contribution in [0.5, 0.6) is 5.75 Å². The van der Waals surface area contributed by atoms with Gasteiger partial charge in [0.2, 0.25) is 5.95 Å². The van der Waals surface area contributed by atoms with Gasteiger partial charge in [0.25, 0.3) is 5.56 Å². The summed E-state index contributed by atoms with van der Waals surface area (Å²) in [6.45, 7) is 1.54. The van der Waals surface area contributed by atoms with Gasteiger partial charge >= 0.3 is 0 Å². The minimum atomic E-state index is -0.387. The van der Waals surface area contributed by atoms with E-state index in [1.807, 2.05) is 4.90 Å². The van der Waals surface area contributed by atoms with Crippen molar-refractivity contribution in [1.82, 2.24) is 19.5 Å². The lowest BCUT2D eigenvalue weighted by molar-refractivity contribution is 0.328. The topological polar surface area (TPSA) is 73.1 Å². The predicted molar refractivity (Wildman–Crippen MR) is 107 cm³/mol. The Labute approximate surface area is 167 Å². The van der Waals surface area contributed by atoms with Crippen molar-refractivity contribution in [1.29, 1.82) is 0 Å². The van der Waals surface area contributed by atoms with Crippen LogP contribution in [0, 0.1) is 5.82 Å². The number of para-hydroxylation sites is 1. The Morgan fingerprint density at radius 1 is 1.21 bits per heavy atom. The summed E-state index contributed by atoms with van der Waals surface area (Å²) in [6, 6.07) is 9.52. The summed E-state index contributed by atoms with van der Waals surface area (Å²) in [6.07, 6.45) is 5.91. The van der Waals surface area contributed by atoms with Gasteiger partial charge in [-0.05, 0) is 30.2 Å². The van der Waals surface area contributed by atoms with E-state index in [1.54, 1.807) is 37.5 Å². The van der Waals surface area contributed by atoms with E-state index in [2.05, 4.69) is 21.0 Å². The van der Waals surface area contributed by atoms with Gasteiger partial charge in [0, 0.05) is 32.4 Å². The van der Waals surface area contributed by atoms with E-state index in [-0.39, 0.29) is 23.7 Å². The maximum atomic E-state index is 13.8. The van der Waals surface area contributed by atoms with Crippen molar-refractivity contribution in [2.24, 2.45) is 7.05 Å². The number of aromatic nitrogens is 4. The van der Waals surface area contributed by atoms with Crippen LogP contribution in [0.4, 0.5) is 10.3 Å². The molecule has 7 nitrogen and oxygen atoms in total. The van der Waals surface area contributed by atoms with E-state index in [0.717, 1.165) is 18.5 Å². The van der Waals surface area contributed by atoms with Gasteiger partial charge in [0.15, 0.2) is 11.6 Å². The fourth-order valence-electron chi connectivity index (χ4n) is 3.20. The predicted octanol–water partition coefficient (Wildman–Crippen LogP) is 2.59. The van der Waals surface area contributed by atoms with Crippen molar-refractivity contribution in [3.8, 4) is 17.1 Å². The summed E-state index contributed by atoms with van der Waals surface area (Å²) in [5, 5.41) is 0. The summed E-state index contributed by atoms with van der Waals surface area (Å²) >= 11 is 0. The van der Waals surface area contributed by atoms with Gasteiger partial charge in [-0.15, -0.1) is 0 Å². The highest BCUT2D eigenvalue weighted by Crippen LogP contribution is 2.21. The molecule has 0 saturated heterocycles. The van der Waals surface area contributed by atoms with Gasteiger partial charge in [-0.3, -0.25) is 9.36 Å². The largest absolute Gasteiger partial charge is 0.486 e. The molecule has 4 rings (SSSR count). The summed E-state index contributed by atoms with van der Waals surface area (Å²) < 4.78 is 20.9. The van der Waals surface area contributed by atoms with E-state index >= 15 is 0 Å². The molecular formula is C21H20FN5O2. The second-order valence-electron chi connectivity index (χ2n) is 6.72. The highest BCUT2D eigenvalue weighted by molar-refractivity contribution is 5.55. The molecule has 0 spiro atoms. The normalized spacial score (nSPS) is 13.9. The summed E-state index contributed by atoms with van der Waals surface area (Å²) in [5.41, 5.74) is 1.93. The molecule has 0 N–H and O–H groups in total.